The fourth-order valence-corrected chi connectivity index (χ4v) is 5.49. The third-order valence-electron chi connectivity index (χ3n) is 7.42. The number of piperazine rings is 1. The molecular formula is C31H33F2N5O5. The average molecular weight is 594 g/mol. The zero-order valence-corrected chi connectivity index (χ0v) is 23.8. The Labute approximate surface area is 248 Å². The van der Waals surface area contributed by atoms with Gasteiger partial charge in [-0.2, -0.15) is 8.78 Å². The van der Waals surface area contributed by atoms with Crippen molar-refractivity contribution in [2.75, 3.05) is 20.1 Å². The third kappa shape index (κ3) is 6.86. The summed E-state index contributed by atoms with van der Waals surface area (Å²) in [6, 6.07) is 20.4. The van der Waals surface area contributed by atoms with Crippen LogP contribution in [0, 0.1) is 0 Å². The molecular weight excluding hydrogens is 560 g/mol. The fourth-order valence-electron chi connectivity index (χ4n) is 5.49. The van der Waals surface area contributed by atoms with E-state index in [1.54, 1.807) is 37.4 Å². The minimum absolute atomic E-state index is 0.0551. The van der Waals surface area contributed by atoms with Crippen LogP contribution < -0.4 is 10.1 Å². The van der Waals surface area contributed by atoms with Gasteiger partial charge in [0.05, 0.1) is 13.1 Å². The van der Waals surface area contributed by atoms with Gasteiger partial charge >= 0.3 is 12.1 Å². The molecule has 2 N–H and O–H groups in total. The molecule has 0 bridgehead atoms. The highest BCUT2D eigenvalue weighted by Crippen LogP contribution is 2.31. The molecule has 43 heavy (non-hydrogen) atoms. The number of hydrogen-bond acceptors (Lipinski definition) is 6. The number of amides is 4. The zero-order valence-electron chi connectivity index (χ0n) is 23.8. The predicted molar refractivity (Wildman–Crippen MR) is 152 cm³/mol. The Balaban J connectivity index is 1.48. The number of ether oxygens (including phenoxy) is 1. The molecule has 2 aliphatic rings. The molecule has 2 aliphatic heterocycles. The Morgan fingerprint density at radius 2 is 1.67 bits per heavy atom. The average Bonchev–Trinajstić information content (AvgIpc) is 2.96. The molecule has 0 aliphatic carbocycles. The van der Waals surface area contributed by atoms with Gasteiger partial charge in [-0.3, -0.25) is 9.59 Å². The highest BCUT2D eigenvalue weighted by molar-refractivity contribution is 5.91. The van der Waals surface area contributed by atoms with Crippen LogP contribution in [0.1, 0.15) is 23.6 Å². The van der Waals surface area contributed by atoms with Gasteiger partial charge in [0.25, 0.3) is 0 Å². The Morgan fingerprint density at radius 3 is 2.37 bits per heavy atom. The lowest BCUT2D eigenvalue weighted by Crippen LogP contribution is -2.76. The number of hydrazine groups is 1. The van der Waals surface area contributed by atoms with Gasteiger partial charge < -0.3 is 25.0 Å². The maximum absolute atomic E-state index is 14.0. The molecule has 0 saturated carbocycles. The number of phenols is 1. The minimum Gasteiger partial charge on any atom is -0.508 e. The molecule has 0 spiro atoms. The summed E-state index contributed by atoms with van der Waals surface area (Å²) in [5.41, 5.74) is 1.93. The van der Waals surface area contributed by atoms with Crippen molar-refractivity contribution in [3.05, 3.63) is 95.6 Å². The molecule has 3 aromatic rings. The van der Waals surface area contributed by atoms with Crippen molar-refractivity contribution in [2.45, 2.75) is 44.8 Å². The molecule has 2 fully saturated rings. The number of carbonyl (C=O) groups is 3. The number of carbonyl (C=O) groups excluding carboxylic acids is 3. The van der Waals surface area contributed by atoms with E-state index in [9.17, 15) is 28.3 Å². The lowest BCUT2D eigenvalue weighted by atomic mass is 9.98. The Morgan fingerprint density at radius 1 is 1.00 bits per heavy atom. The number of para-hydroxylation sites is 1. The summed E-state index contributed by atoms with van der Waals surface area (Å²) in [5.74, 6) is -0.746. The first-order chi connectivity index (χ1) is 20.5. The van der Waals surface area contributed by atoms with Crippen LogP contribution in [0.2, 0.25) is 0 Å². The van der Waals surface area contributed by atoms with Gasteiger partial charge in [0, 0.05) is 39.0 Å². The SMILES string of the molecule is CN1CC(=O)N2[C@@H](Cc3ccc(O)cc3)C(=O)N(Cc3ccccc3OC(C)(F)F)C[C@@H]2N1C(=O)NCc1ccccc1. The van der Waals surface area contributed by atoms with E-state index in [2.05, 4.69) is 5.32 Å². The maximum atomic E-state index is 14.0. The number of urea groups is 1. The summed E-state index contributed by atoms with van der Waals surface area (Å²) >= 11 is 0. The van der Waals surface area contributed by atoms with Gasteiger partial charge in [-0.1, -0.05) is 60.7 Å². The quantitative estimate of drug-likeness (QED) is 0.414. The number of benzene rings is 3. The number of phenolic OH excluding ortho intramolecular Hbond substituents is 1. The fraction of sp³-hybridized carbons (Fsp3) is 0.323. The first kappa shape index (κ1) is 29.8. The third-order valence-corrected chi connectivity index (χ3v) is 7.42. The summed E-state index contributed by atoms with van der Waals surface area (Å²) in [5, 5.41) is 15.6. The zero-order chi connectivity index (χ0) is 30.7. The Bertz CT molecular complexity index is 1470. The maximum Gasteiger partial charge on any atom is 0.394 e. The number of alkyl halides is 2. The van der Waals surface area contributed by atoms with Crippen molar-refractivity contribution in [1.82, 2.24) is 25.1 Å². The smallest absolute Gasteiger partial charge is 0.394 e. The summed E-state index contributed by atoms with van der Waals surface area (Å²) < 4.78 is 32.5. The van der Waals surface area contributed by atoms with Crippen LogP contribution in [0.15, 0.2) is 78.9 Å². The number of aromatic hydroxyl groups is 1. The summed E-state index contributed by atoms with van der Waals surface area (Å²) in [6.07, 6.45) is -4.19. The summed E-state index contributed by atoms with van der Waals surface area (Å²) in [6.45, 7) is 0.614. The van der Waals surface area contributed by atoms with Crippen LogP contribution in [0.3, 0.4) is 0 Å². The van der Waals surface area contributed by atoms with Crippen molar-refractivity contribution in [2.24, 2.45) is 0 Å². The number of fused-ring (bicyclic) bond motifs is 1. The molecule has 10 nitrogen and oxygen atoms in total. The van der Waals surface area contributed by atoms with Crippen molar-refractivity contribution in [3.63, 3.8) is 0 Å². The van der Waals surface area contributed by atoms with Crippen molar-refractivity contribution < 1.29 is 33.0 Å². The topological polar surface area (TPSA) is 106 Å². The van der Waals surface area contributed by atoms with E-state index < -0.39 is 30.3 Å². The molecule has 2 saturated heterocycles. The lowest BCUT2D eigenvalue weighted by Gasteiger charge is -2.54. The number of hydrogen-bond donors (Lipinski definition) is 2. The molecule has 4 amide bonds. The van der Waals surface area contributed by atoms with Crippen LogP contribution >= 0.6 is 0 Å². The van der Waals surface area contributed by atoms with Crippen LogP contribution in [0.4, 0.5) is 13.6 Å². The molecule has 2 heterocycles. The largest absolute Gasteiger partial charge is 0.508 e. The van der Waals surface area contributed by atoms with E-state index in [4.69, 9.17) is 4.74 Å². The van der Waals surface area contributed by atoms with E-state index in [1.807, 2.05) is 30.3 Å². The van der Waals surface area contributed by atoms with Crippen LogP contribution in [0.5, 0.6) is 11.5 Å². The van der Waals surface area contributed by atoms with Gasteiger partial charge in [-0.25, -0.2) is 14.8 Å². The molecule has 5 rings (SSSR count). The summed E-state index contributed by atoms with van der Waals surface area (Å²) in [7, 11) is 1.62. The van der Waals surface area contributed by atoms with Crippen LogP contribution in [-0.4, -0.2) is 81.2 Å². The van der Waals surface area contributed by atoms with E-state index in [0.717, 1.165) is 5.56 Å². The van der Waals surface area contributed by atoms with E-state index in [0.29, 0.717) is 18.1 Å². The number of rotatable bonds is 8. The molecule has 0 radical (unpaired) electrons. The molecule has 2 atom stereocenters. The molecule has 226 valence electrons. The van der Waals surface area contributed by atoms with Crippen molar-refractivity contribution in [1.29, 1.82) is 0 Å². The van der Waals surface area contributed by atoms with Gasteiger partial charge in [0.2, 0.25) is 11.8 Å². The first-order valence-corrected chi connectivity index (χ1v) is 13.8. The number of nitrogens with zero attached hydrogens (tertiary/aromatic N) is 4. The van der Waals surface area contributed by atoms with Gasteiger partial charge in [0.15, 0.2) is 0 Å². The molecule has 0 aromatic heterocycles. The second-order valence-corrected chi connectivity index (χ2v) is 10.7. The lowest BCUT2D eigenvalue weighted by molar-refractivity contribution is -0.187. The minimum atomic E-state index is -3.44. The van der Waals surface area contributed by atoms with Gasteiger partial charge in [-0.15, -0.1) is 0 Å². The highest BCUT2D eigenvalue weighted by Gasteiger charge is 2.50. The monoisotopic (exact) mass is 593 g/mol. The van der Waals surface area contributed by atoms with Crippen LogP contribution in [0.25, 0.3) is 0 Å². The van der Waals surface area contributed by atoms with Crippen molar-refractivity contribution >= 4 is 17.8 Å². The van der Waals surface area contributed by atoms with Gasteiger partial charge in [0.1, 0.15) is 23.7 Å². The highest BCUT2D eigenvalue weighted by atomic mass is 19.3. The number of halogens is 2. The van der Waals surface area contributed by atoms with E-state index in [1.165, 1.54) is 38.0 Å². The van der Waals surface area contributed by atoms with Crippen LogP contribution in [-0.2, 0) is 29.1 Å². The predicted octanol–water partition coefficient (Wildman–Crippen LogP) is 3.56. The number of nitrogens with one attached hydrogen (secondary N) is 1. The van der Waals surface area contributed by atoms with E-state index >= 15 is 0 Å². The second-order valence-electron chi connectivity index (χ2n) is 10.7. The first-order valence-electron chi connectivity index (χ1n) is 13.8. The normalized spacial score (nSPS) is 19.3. The molecule has 12 heteroatoms. The van der Waals surface area contributed by atoms with E-state index in [-0.39, 0.29) is 50.0 Å². The molecule has 3 aromatic carbocycles. The standard InChI is InChI=1S/C31H33F2N5O5/c1-31(32,33)43-26-11-7-6-10-23(26)18-36-19-27-37(25(29(36)41)16-21-12-14-24(39)15-13-21)28(40)20-35(2)38(27)30(42)34-17-22-8-4-3-5-9-22/h3-15,25,27,39H,16-20H2,1-2H3,(H,34,42)/t25-,27-/m0/s1. The Kier molecular flexibility index (Phi) is 8.49. The summed E-state index contributed by atoms with van der Waals surface area (Å²) in [4.78, 5) is 44.0. The number of likely N-dealkylation sites (N-methyl/N-ethyl adjacent to an activating group) is 1. The van der Waals surface area contributed by atoms with Gasteiger partial charge in [-0.05, 0) is 29.3 Å². The second kappa shape index (κ2) is 12.3. The Hall–Kier alpha value is -4.71. The molecule has 0 unspecified atom stereocenters. The van der Waals surface area contributed by atoms with Crippen molar-refractivity contribution in [3.8, 4) is 11.5 Å².